The number of carbonyl (C=O) groups is 1. The summed E-state index contributed by atoms with van der Waals surface area (Å²) in [6.07, 6.45) is 4.53. The summed E-state index contributed by atoms with van der Waals surface area (Å²) in [5.41, 5.74) is 1.78. The van der Waals surface area contributed by atoms with Crippen LogP contribution >= 0.6 is 11.8 Å². The lowest BCUT2D eigenvalue weighted by atomic mass is 10.0. The highest BCUT2D eigenvalue weighted by Gasteiger charge is 2.11. The molecule has 0 fully saturated rings. The van der Waals surface area contributed by atoms with Crippen LogP contribution in [0, 0.1) is 0 Å². The second-order valence-electron chi connectivity index (χ2n) is 5.94. The minimum atomic E-state index is -0.751. The summed E-state index contributed by atoms with van der Waals surface area (Å²) in [5, 5.41) is 15.3. The summed E-state index contributed by atoms with van der Waals surface area (Å²) in [5.74, 6) is -0.224. The average molecular weight is 363 g/mol. The number of amides is 1. The lowest BCUT2D eigenvalue weighted by Crippen LogP contribution is -2.26. The van der Waals surface area contributed by atoms with Crippen LogP contribution in [0.5, 0.6) is 0 Å². The first-order chi connectivity index (χ1) is 12.7. The van der Waals surface area contributed by atoms with Crippen LogP contribution in [-0.4, -0.2) is 23.8 Å². The van der Waals surface area contributed by atoms with Crippen molar-refractivity contribution in [3.8, 4) is 0 Å². The van der Waals surface area contributed by atoms with E-state index in [4.69, 9.17) is 0 Å². The Bertz CT molecular complexity index is 914. The maximum atomic E-state index is 12.0. The molecule has 4 heteroatoms. The molecule has 26 heavy (non-hydrogen) atoms. The van der Waals surface area contributed by atoms with Crippen LogP contribution in [0.15, 0.2) is 77.7 Å². The maximum Gasteiger partial charge on any atom is 0.244 e. The van der Waals surface area contributed by atoms with Crippen molar-refractivity contribution in [3.63, 3.8) is 0 Å². The van der Waals surface area contributed by atoms with Gasteiger partial charge in [0.1, 0.15) is 0 Å². The molecule has 3 rings (SSSR count). The molecule has 3 aromatic rings. The van der Waals surface area contributed by atoms with E-state index in [1.807, 2.05) is 73.0 Å². The largest absolute Gasteiger partial charge is 0.387 e. The Morgan fingerprint density at radius 3 is 2.58 bits per heavy atom. The smallest absolute Gasteiger partial charge is 0.244 e. The second kappa shape index (κ2) is 8.70. The van der Waals surface area contributed by atoms with Gasteiger partial charge < -0.3 is 10.4 Å². The Balaban J connectivity index is 1.60. The van der Waals surface area contributed by atoms with Crippen LogP contribution in [0.1, 0.15) is 17.2 Å². The van der Waals surface area contributed by atoms with E-state index < -0.39 is 6.10 Å². The fraction of sp³-hybridized carbons (Fsp3) is 0.136. The zero-order valence-corrected chi connectivity index (χ0v) is 15.4. The third kappa shape index (κ3) is 4.54. The van der Waals surface area contributed by atoms with E-state index in [2.05, 4.69) is 5.32 Å². The number of aliphatic hydroxyl groups is 1. The van der Waals surface area contributed by atoms with Crippen molar-refractivity contribution in [2.75, 3.05) is 12.8 Å². The third-order valence-electron chi connectivity index (χ3n) is 4.19. The van der Waals surface area contributed by atoms with Crippen molar-refractivity contribution < 1.29 is 9.90 Å². The Morgan fingerprint density at radius 2 is 1.81 bits per heavy atom. The number of thioether (sulfide) groups is 1. The number of benzene rings is 3. The van der Waals surface area contributed by atoms with Gasteiger partial charge in [0.2, 0.25) is 5.91 Å². The topological polar surface area (TPSA) is 49.3 Å². The highest BCUT2D eigenvalue weighted by Crippen LogP contribution is 2.23. The highest BCUT2D eigenvalue weighted by atomic mass is 32.2. The van der Waals surface area contributed by atoms with Gasteiger partial charge in [-0.05, 0) is 46.4 Å². The highest BCUT2D eigenvalue weighted by molar-refractivity contribution is 7.98. The molecule has 3 nitrogen and oxygen atoms in total. The van der Waals surface area contributed by atoms with E-state index in [0.29, 0.717) is 0 Å². The average Bonchev–Trinajstić information content (AvgIpc) is 2.70. The summed E-state index contributed by atoms with van der Waals surface area (Å²) in [7, 11) is 0. The molecule has 0 aliphatic rings. The van der Waals surface area contributed by atoms with Crippen LogP contribution in [0.2, 0.25) is 0 Å². The van der Waals surface area contributed by atoms with Gasteiger partial charge in [-0.15, -0.1) is 11.8 Å². The standard InChI is InChI=1S/C22H21NO2S/c1-26-18-12-9-16(10-13-18)11-14-22(25)23-15-21(24)20-8-4-6-17-5-2-3-7-19(17)20/h2-14,21,24H,15H2,1H3,(H,23,25). The van der Waals surface area contributed by atoms with Crippen molar-refractivity contribution >= 4 is 34.5 Å². The van der Waals surface area contributed by atoms with Gasteiger partial charge in [0, 0.05) is 17.5 Å². The molecule has 0 spiro atoms. The van der Waals surface area contributed by atoms with Gasteiger partial charge in [-0.2, -0.15) is 0 Å². The molecule has 0 heterocycles. The number of hydrogen-bond acceptors (Lipinski definition) is 3. The lowest BCUT2D eigenvalue weighted by Gasteiger charge is -2.14. The van der Waals surface area contributed by atoms with Crippen LogP contribution in [0.25, 0.3) is 16.8 Å². The van der Waals surface area contributed by atoms with E-state index in [-0.39, 0.29) is 12.5 Å². The van der Waals surface area contributed by atoms with Crippen LogP contribution in [0.3, 0.4) is 0 Å². The summed E-state index contributed by atoms with van der Waals surface area (Å²) in [6.45, 7) is 0.169. The quantitative estimate of drug-likeness (QED) is 0.503. The minimum Gasteiger partial charge on any atom is -0.387 e. The predicted octanol–water partition coefficient (Wildman–Crippen LogP) is 4.42. The van der Waals surface area contributed by atoms with E-state index in [1.54, 1.807) is 17.8 Å². The van der Waals surface area contributed by atoms with Gasteiger partial charge in [-0.25, -0.2) is 0 Å². The minimum absolute atomic E-state index is 0.169. The number of fused-ring (bicyclic) bond motifs is 1. The number of carbonyl (C=O) groups excluding carboxylic acids is 1. The zero-order chi connectivity index (χ0) is 18.4. The molecule has 0 aliphatic carbocycles. The first-order valence-corrected chi connectivity index (χ1v) is 9.65. The molecule has 0 bridgehead atoms. The molecule has 0 aromatic heterocycles. The molecule has 2 N–H and O–H groups in total. The zero-order valence-electron chi connectivity index (χ0n) is 14.6. The Labute approximate surface area is 157 Å². The first kappa shape index (κ1) is 18.2. The third-order valence-corrected chi connectivity index (χ3v) is 4.94. The van der Waals surface area contributed by atoms with Crippen molar-refractivity contribution in [2.24, 2.45) is 0 Å². The maximum absolute atomic E-state index is 12.0. The SMILES string of the molecule is CSc1ccc(C=CC(=O)NCC(O)c2cccc3ccccc23)cc1. The fourth-order valence-corrected chi connectivity index (χ4v) is 3.20. The molecular formula is C22H21NO2S. The Hall–Kier alpha value is -2.56. The van der Waals surface area contributed by atoms with E-state index in [1.165, 1.54) is 11.0 Å². The molecule has 0 aliphatic heterocycles. The summed E-state index contributed by atoms with van der Waals surface area (Å²) in [4.78, 5) is 13.2. The van der Waals surface area contributed by atoms with Gasteiger partial charge in [-0.3, -0.25) is 4.79 Å². The molecule has 0 saturated heterocycles. The van der Waals surface area contributed by atoms with E-state index in [0.717, 1.165) is 21.9 Å². The molecule has 132 valence electrons. The normalized spacial score (nSPS) is 12.4. The monoisotopic (exact) mass is 363 g/mol. The molecule has 0 saturated carbocycles. The van der Waals surface area contributed by atoms with Crippen LogP contribution in [0.4, 0.5) is 0 Å². The molecule has 1 amide bonds. The van der Waals surface area contributed by atoms with E-state index in [9.17, 15) is 9.90 Å². The van der Waals surface area contributed by atoms with Gasteiger partial charge in [0.25, 0.3) is 0 Å². The van der Waals surface area contributed by atoms with E-state index >= 15 is 0 Å². The van der Waals surface area contributed by atoms with Gasteiger partial charge >= 0.3 is 0 Å². The van der Waals surface area contributed by atoms with Crippen LogP contribution < -0.4 is 5.32 Å². The van der Waals surface area contributed by atoms with Gasteiger partial charge in [0.05, 0.1) is 6.10 Å². The Kier molecular flexibility index (Phi) is 6.10. The summed E-state index contributed by atoms with van der Waals surface area (Å²) < 4.78 is 0. The van der Waals surface area contributed by atoms with Gasteiger partial charge in [0.15, 0.2) is 0 Å². The number of nitrogens with one attached hydrogen (secondary N) is 1. The number of hydrogen-bond donors (Lipinski definition) is 2. The van der Waals surface area contributed by atoms with Crippen molar-refractivity contribution in [1.29, 1.82) is 0 Å². The summed E-state index contributed by atoms with van der Waals surface area (Å²) in [6, 6.07) is 21.7. The predicted molar refractivity (Wildman–Crippen MR) is 109 cm³/mol. The molecule has 1 unspecified atom stereocenters. The molecule has 1 atom stereocenters. The molecule has 3 aromatic carbocycles. The number of rotatable bonds is 6. The first-order valence-electron chi connectivity index (χ1n) is 8.43. The Morgan fingerprint density at radius 1 is 1.08 bits per heavy atom. The summed E-state index contributed by atoms with van der Waals surface area (Å²) >= 11 is 1.68. The van der Waals surface area contributed by atoms with Crippen molar-refractivity contribution in [2.45, 2.75) is 11.0 Å². The molecule has 0 radical (unpaired) electrons. The van der Waals surface area contributed by atoms with Crippen molar-refractivity contribution in [3.05, 3.63) is 83.9 Å². The van der Waals surface area contributed by atoms with Gasteiger partial charge in [-0.1, -0.05) is 54.6 Å². The fourth-order valence-electron chi connectivity index (χ4n) is 2.79. The lowest BCUT2D eigenvalue weighted by molar-refractivity contribution is -0.116. The second-order valence-corrected chi connectivity index (χ2v) is 6.82. The molecular weight excluding hydrogens is 342 g/mol. The van der Waals surface area contributed by atoms with Crippen molar-refractivity contribution in [1.82, 2.24) is 5.32 Å². The van der Waals surface area contributed by atoms with Crippen LogP contribution in [-0.2, 0) is 4.79 Å². The number of aliphatic hydroxyl groups excluding tert-OH is 1.